The number of nitrogens with zero attached hydrogens (tertiary/aromatic N) is 2. The minimum Gasteiger partial charge on any atom is -0.360 e. The predicted octanol–water partition coefficient (Wildman–Crippen LogP) is 2.08. The molecule has 7 nitrogen and oxygen atoms in total. The first-order valence-electron chi connectivity index (χ1n) is 6.80. The van der Waals surface area contributed by atoms with Gasteiger partial charge in [-0.1, -0.05) is 5.16 Å². The summed E-state index contributed by atoms with van der Waals surface area (Å²) < 4.78 is 31.1. The van der Waals surface area contributed by atoms with Crippen LogP contribution in [0.5, 0.6) is 0 Å². The van der Waals surface area contributed by atoms with Gasteiger partial charge in [0, 0.05) is 24.5 Å². The summed E-state index contributed by atoms with van der Waals surface area (Å²) >= 11 is 1.09. The number of anilines is 1. The zero-order valence-electron chi connectivity index (χ0n) is 11.9. The third-order valence-electron chi connectivity index (χ3n) is 3.37. The summed E-state index contributed by atoms with van der Waals surface area (Å²) in [6.45, 7) is 2.80. The highest BCUT2D eigenvalue weighted by Crippen LogP contribution is 2.26. The predicted molar refractivity (Wildman–Crippen MR) is 81.5 cm³/mol. The molecular weight excluding hydrogens is 326 g/mol. The van der Waals surface area contributed by atoms with Crippen molar-refractivity contribution >= 4 is 33.1 Å². The van der Waals surface area contributed by atoms with Crippen molar-refractivity contribution in [1.29, 1.82) is 0 Å². The third kappa shape index (κ3) is 2.92. The van der Waals surface area contributed by atoms with Crippen molar-refractivity contribution in [3.05, 3.63) is 28.2 Å². The van der Waals surface area contributed by atoms with Gasteiger partial charge in [0.25, 0.3) is 5.91 Å². The Kier molecular flexibility index (Phi) is 4.02. The number of hydrogen-bond acceptors (Lipinski definition) is 6. The van der Waals surface area contributed by atoms with E-state index < -0.39 is 15.9 Å². The Morgan fingerprint density at radius 2 is 2.09 bits per heavy atom. The van der Waals surface area contributed by atoms with E-state index in [1.165, 1.54) is 15.8 Å². The Hall–Kier alpha value is -1.71. The van der Waals surface area contributed by atoms with Crippen molar-refractivity contribution in [3.63, 3.8) is 0 Å². The Morgan fingerprint density at radius 1 is 1.36 bits per heavy atom. The van der Waals surface area contributed by atoms with Crippen molar-refractivity contribution in [2.45, 2.75) is 24.7 Å². The normalized spacial score (nSPS) is 16.0. The lowest BCUT2D eigenvalue weighted by Gasteiger charge is -2.13. The van der Waals surface area contributed by atoms with Gasteiger partial charge in [-0.3, -0.25) is 4.79 Å². The van der Waals surface area contributed by atoms with Crippen LogP contribution in [0.2, 0.25) is 0 Å². The van der Waals surface area contributed by atoms with E-state index in [1.54, 1.807) is 13.0 Å². The number of carbonyl (C=O) groups excluding carboxylic acids is 1. The van der Waals surface area contributed by atoms with Gasteiger partial charge in [-0.25, -0.2) is 8.42 Å². The van der Waals surface area contributed by atoms with Gasteiger partial charge >= 0.3 is 0 Å². The number of hydrogen-bond donors (Lipinski definition) is 1. The van der Waals surface area contributed by atoms with E-state index in [0.29, 0.717) is 29.5 Å². The summed E-state index contributed by atoms with van der Waals surface area (Å²) in [4.78, 5) is 12.6. The van der Waals surface area contributed by atoms with Gasteiger partial charge in [0.05, 0.1) is 9.77 Å². The van der Waals surface area contributed by atoms with E-state index in [4.69, 9.17) is 4.52 Å². The van der Waals surface area contributed by atoms with Gasteiger partial charge in [-0.15, -0.1) is 11.3 Å². The van der Waals surface area contributed by atoms with E-state index in [-0.39, 0.29) is 4.90 Å². The molecule has 1 saturated heterocycles. The molecule has 118 valence electrons. The summed E-state index contributed by atoms with van der Waals surface area (Å²) in [5, 5.41) is 7.74. The Balaban J connectivity index is 1.77. The molecule has 0 bridgehead atoms. The highest BCUT2D eigenvalue weighted by atomic mass is 32.2. The van der Waals surface area contributed by atoms with E-state index in [2.05, 4.69) is 10.5 Å². The third-order valence-corrected chi connectivity index (χ3v) is 6.33. The minimum atomic E-state index is -3.49. The monoisotopic (exact) mass is 341 g/mol. The maximum absolute atomic E-state index is 12.4. The molecule has 9 heteroatoms. The summed E-state index contributed by atoms with van der Waals surface area (Å²) in [7, 11) is -3.49. The minimum absolute atomic E-state index is 0.167. The average molecular weight is 341 g/mol. The van der Waals surface area contributed by atoms with Crippen LogP contribution >= 0.6 is 11.3 Å². The first-order chi connectivity index (χ1) is 10.5. The molecule has 3 heterocycles. The van der Waals surface area contributed by atoms with Crippen molar-refractivity contribution in [2.75, 3.05) is 18.4 Å². The van der Waals surface area contributed by atoms with E-state index >= 15 is 0 Å². The number of carbonyl (C=O) groups is 1. The number of aromatic nitrogens is 1. The van der Waals surface area contributed by atoms with Crippen LogP contribution in [0.15, 0.2) is 26.9 Å². The zero-order chi connectivity index (χ0) is 15.7. The highest BCUT2D eigenvalue weighted by molar-refractivity contribution is 7.89. The average Bonchev–Trinajstić information content (AvgIpc) is 3.20. The van der Waals surface area contributed by atoms with Crippen molar-refractivity contribution in [3.8, 4) is 0 Å². The van der Waals surface area contributed by atoms with Crippen LogP contribution in [0, 0.1) is 6.92 Å². The Morgan fingerprint density at radius 3 is 2.73 bits per heavy atom. The topological polar surface area (TPSA) is 92.5 Å². The fourth-order valence-electron chi connectivity index (χ4n) is 2.25. The second kappa shape index (κ2) is 5.82. The summed E-state index contributed by atoms with van der Waals surface area (Å²) in [6, 6.07) is 2.99. The van der Waals surface area contributed by atoms with Crippen LogP contribution in [0.3, 0.4) is 0 Å². The number of nitrogens with one attached hydrogen (secondary N) is 1. The lowest BCUT2D eigenvalue weighted by Crippen LogP contribution is -2.27. The quantitative estimate of drug-likeness (QED) is 0.919. The Bertz CT molecular complexity index is 788. The van der Waals surface area contributed by atoms with Crippen LogP contribution in [-0.2, 0) is 10.0 Å². The summed E-state index contributed by atoms with van der Waals surface area (Å²) in [5.74, 6) is 0.486. The number of thiophene rings is 1. The maximum atomic E-state index is 12.4. The van der Waals surface area contributed by atoms with E-state index in [0.717, 1.165) is 24.2 Å². The summed E-state index contributed by atoms with van der Waals surface area (Å²) in [6.07, 6.45) is 1.75. The smallest absolute Gasteiger partial charge is 0.267 e. The second-order valence-electron chi connectivity index (χ2n) is 5.03. The molecule has 0 aromatic carbocycles. The fourth-order valence-corrected chi connectivity index (χ4v) is 4.93. The number of rotatable bonds is 4. The SMILES string of the molecule is Cc1cc(NC(=O)c2cc(S(=O)(=O)N3CCCC3)cs2)no1. The molecule has 1 aliphatic rings. The van der Waals surface area contributed by atoms with Crippen LogP contribution < -0.4 is 5.32 Å². The van der Waals surface area contributed by atoms with Gasteiger partial charge in [-0.05, 0) is 25.8 Å². The molecular formula is C13H15N3O4S2. The van der Waals surface area contributed by atoms with Gasteiger partial charge in [0.2, 0.25) is 10.0 Å². The maximum Gasteiger partial charge on any atom is 0.267 e. The molecule has 2 aromatic rings. The number of sulfonamides is 1. The molecule has 2 aromatic heterocycles. The lowest BCUT2D eigenvalue weighted by molar-refractivity contribution is 0.102. The summed E-state index contributed by atoms with van der Waals surface area (Å²) in [5.41, 5.74) is 0. The molecule has 1 N–H and O–H groups in total. The van der Waals surface area contributed by atoms with E-state index in [1.807, 2.05) is 0 Å². The van der Waals surface area contributed by atoms with Crippen molar-refractivity contribution in [1.82, 2.24) is 9.46 Å². The van der Waals surface area contributed by atoms with Gasteiger partial charge in [0.1, 0.15) is 5.76 Å². The second-order valence-corrected chi connectivity index (χ2v) is 7.88. The van der Waals surface area contributed by atoms with Crippen LogP contribution in [0.4, 0.5) is 5.82 Å². The number of amides is 1. The van der Waals surface area contributed by atoms with E-state index in [9.17, 15) is 13.2 Å². The molecule has 3 rings (SSSR count). The van der Waals surface area contributed by atoms with Crippen molar-refractivity contribution < 1.29 is 17.7 Å². The fraction of sp³-hybridized carbons (Fsp3) is 0.385. The molecule has 22 heavy (non-hydrogen) atoms. The molecule has 0 atom stereocenters. The molecule has 0 spiro atoms. The van der Waals surface area contributed by atoms with Crippen LogP contribution in [-0.4, -0.2) is 36.9 Å². The standard InChI is InChI=1S/C13H15N3O4S2/c1-9-6-12(15-20-9)14-13(17)11-7-10(8-21-11)22(18,19)16-4-2-3-5-16/h6-8H,2-5H2,1H3,(H,14,15,17). The Labute approximate surface area is 132 Å². The molecule has 0 aliphatic carbocycles. The van der Waals surface area contributed by atoms with Gasteiger partial charge < -0.3 is 9.84 Å². The van der Waals surface area contributed by atoms with Gasteiger partial charge in [-0.2, -0.15) is 4.31 Å². The molecule has 0 unspecified atom stereocenters. The molecule has 1 amide bonds. The van der Waals surface area contributed by atoms with Crippen LogP contribution in [0.1, 0.15) is 28.3 Å². The zero-order valence-corrected chi connectivity index (χ0v) is 13.5. The number of aryl methyl sites for hydroxylation is 1. The lowest BCUT2D eigenvalue weighted by atomic mass is 10.4. The molecule has 0 saturated carbocycles. The first kappa shape index (κ1) is 15.2. The largest absolute Gasteiger partial charge is 0.360 e. The molecule has 1 fully saturated rings. The van der Waals surface area contributed by atoms with Crippen LogP contribution in [0.25, 0.3) is 0 Å². The van der Waals surface area contributed by atoms with Gasteiger partial charge in [0.15, 0.2) is 5.82 Å². The highest BCUT2D eigenvalue weighted by Gasteiger charge is 2.28. The first-order valence-corrected chi connectivity index (χ1v) is 9.12. The molecule has 0 radical (unpaired) electrons. The molecule has 1 aliphatic heterocycles. The van der Waals surface area contributed by atoms with Crippen molar-refractivity contribution in [2.24, 2.45) is 0 Å².